The Morgan fingerprint density at radius 1 is 1.80 bits per heavy atom. The fraction of sp³-hybridized carbons (Fsp3) is 0.400. The molecule has 0 unspecified atom stereocenters. The van der Waals surface area contributed by atoms with Crippen LogP contribution in [0.4, 0.5) is 0 Å². The molecule has 1 heterocycles. The van der Waals surface area contributed by atoms with Crippen molar-refractivity contribution in [2.24, 2.45) is 0 Å². The molecule has 10 heavy (non-hydrogen) atoms. The summed E-state index contributed by atoms with van der Waals surface area (Å²) >= 11 is 0. The summed E-state index contributed by atoms with van der Waals surface area (Å²) < 4.78 is 4.63. The fourth-order valence-corrected chi connectivity index (χ4v) is 0.534. The molecule has 1 N–H and O–H groups in total. The first kappa shape index (κ1) is 6.73. The summed E-state index contributed by atoms with van der Waals surface area (Å²) in [6.45, 7) is 2.04. The molecule has 1 aromatic heterocycles. The molecule has 1 aromatic rings. The number of nitrogens with zero attached hydrogens (tertiary/aromatic N) is 2. The Balaban J connectivity index is 2.56. The minimum atomic E-state index is 0.318. The molecule has 1 amide bonds. The van der Waals surface area contributed by atoms with Crippen molar-refractivity contribution in [2.75, 3.05) is 0 Å². The van der Waals surface area contributed by atoms with Crippen molar-refractivity contribution in [1.82, 2.24) is 15.7 Å². The Kier molecular flexibility index (Phi) is 1.99. The maximum Gasteiger partial charge on any atom is 0.309 e. The van der Waals surface area contributed by atoms with Crippen LogP contribution in [0, 0.1) is 6.92 Å². The molecule has 0 spiro atoms. The smallest absolute Gasteiger partial charge is 0.309 e. The average Bonchev–Trinajstić information content (AvgIpc) is 2.31. The van der Waals surface area contributed by atoms with Gasteiger partial charge in [-0.1, -0.05) is 0 Å². The molecule has 0 aliphatic rings. The number of aromatic nitrogens is 2. The fourth-order valence-electron chi connectivity index (χ4n) is 0.534. The van der Waals surface area contributed by atoms with E-state index >= 15 is 0 Å². The average molecular weight is 140 g/mol. The minimum absolute atomic E-state index is 0.318. The lowest BCUT2D eigenvalue weighted by Crippen LogP contribution is -2.10. The first-order valence-electron chi connectivity index (χ1n) is 2.72. The number of hydrogen-bond donors (Lipinski definition) is 1. The number of rotatable bonds is 3. The third kappa shape index (κ3) is 1.31. The van der Waals surface area contributed by atoms with E-state index in [1.165, 1.54) is 6.41 Å². The van der Waals surface area contributed by atoms with Crippen molar-refractivity contribution < 1.29 is 9.32 Å². The zero-order valence-electron chi connectivity index (χ0n) is 5.42. The molecule has 0 saturated heterocycles. The van der Waals surface area contributed by atoms with E-state index in [2.05, 4.69) is 20.2 Å². The van der Waals surface area contributed by atoms with Crippen molar-refractivity contribution >= 4 is 6.41 Å². The maximum absolute atomic E-state index is 9.70. The first-order chi connectivity index (χ1) is 4.84. The molecule has 53 valence electrons. The quantitative estimate of drug-likeness (QED) is 0.576. The number of nitrogens with one attached hydrogen (secondary N) is 1. The van der Waals surface area contributed by atoms with Gasteiger partial charge in [0.2, 0.25) is 0 Å². The highest BCUT2D eigenvalue weighted by molar-refractivity contribution is 5.47. The van der Waals surface area contributed by atoms with E-state index in [1.54, 1.807) is 6.92 Å². The van der Waals surface area contributed by atoms with E-state index in [0.717, 1.165) is 0 Å². The van der Waals surface area contributed by atoms with Gasteiger partial charge in [0.25, 0.3) is 0 Å². The number of amides is 1. The SMILES string of the molecule is Cc1onnc1CN[C]=O. The van der Waals surface area contributed by atoms with Gasteiger partial charge >= 0.3 is 6.41 Å². The maximum atomic E-state index is 9.70. The monoisotopic (exact) mass is 140 g/mol. The Labute approximate surface area is 57.4 Å². The van der Waals surface area contributed by atoms with Gasteiger partial charge in [0.05, 0.1) is 6.54 Å². The lowest BCUT2D eigenvalue weighted by Gasteiger charge is -1.89. The predicted octanol–water partition coefficient (Wildman–Crippen LogP) is -0.465. The summed E-state index contributed by atoms with van der Waals surface area (Å²) in [7, 11) is 0. The number of aryl methyl sites for hydroxylation is 1. The largest absolute Gasteiger partial charge is 0.342 e. The molecule has 0 aliphatic heterocycles. The van der Waals surface area contributed by atoms with E-state index in [4.69, 9.17) is 0 Å². The van der Waals surface area contributed by atoms with Crippen LogP contribution < -0.4 is 5.32 Å². The van der Waals surface area contributed by atoms with Gasteiger partial charge in [-0.05, 0) is 6.92 Å². The summed E-state index contributed by atoms with van der Waals surface area (Å²) in [4.78, 5) is 9.70. The van der Waals surface area contributed by atoms with E-state index in [-0.39, 0.29) is 0 Å². The zero-order valence-corrected chi connectivity index (χ0v) is 5.42. The standard InChI is InChI=1S/C5H6N3O2/c1-4-5(2-6-3-9)7-8-10-4/h2H2,1H3,(H,6,9). The van der Waals surface area contributed by atoms with E-state index < -0.39 is 0 Å². The van der Waals surface area contributed by atoms with Gasteiger partial charge in [-0.15, -0.1) is 5.10 Å². The van der Waals surface area contributed by atoms with Gasteiger partial charge < -0.3 is 9.84 Å². The summed E-state index contributed by atoms with van der Waals surface area (Å²) in [6, 6.07) is 0. The molecular weight excluding hydrogens is 134 g/mol. The van der Waals surface area contributed by atoms with E-state index in [9.17, 15) is 4.79 Å². The summed E-state index contributed by atoms with van der Waals surface area (Å²) in [5, 5.41) is 9.20. The van der Waals surface area contributed by atoms with Crippen molar-refractivity contribution in [3.8, 4) is 0 Å². The van der Waals surface area contributed by atoms with Crippen LogP contribution in [-0.4, -0.2) is 16.8 Å². The summed E-state index contributed by atoms with van der Waals surface area (Å²) in [6.07, 6.45) is 1.52. The Morgan fingerprint density at radius 3 is 3.10 bits per heavy atom. The molecule has 0 bridgehead atoms. The normalized spacial score (nSPS) is 9.30. The van der Waals surface area contributed by atoms with Gasteiger partial charge in [0, 0.05) is 5.27 Å². The summed E-state index contributed by atoms with van der Waals surface area (Å²) in [5.74, 6) is 0.614. The van der Waals surface area contributed by atoms with Crippen LogP contribution >= 0.6 is 0 Å². The van der Waals surface area contributed by atoms with Crippen LogP contribution in [0.3, 0.4) is 0 Å². The van der Waals surface area contributed by atoms with Crippen molar-refractivity contribution in [3.05, 3.63) is 11.5 Å². The number of hydrogen-bond acceptors (Lipinski definition) is 4. The summed E-state index contributed by atoms with van der Waals surface area (Å²) in [5.41, 5.74) is 0.628. The molecule has 0 atom stereocenters. The van der Waals surface area contributed by atoms with Crippen LogP contribution in [0.5, 0.6) is 0 Å². The topological polar surface area (TPSA) is 68.0 Å². The van der Waals surface area contributed by atoms with E-state index in [0.29, 0.717) is 18.0 Å². The lowest BCUT2D eigenvalue weighted by molar-refractivity contribution is 0.373. The molecule has 1 rings (SSSR count). The van der Waals surface area contributed by atoms with Gasteiger partial charge in [0.1, 0.15) is 5.69 Å². The van der Waals surface area contributed by atoms with Crippen molar-refractivity contribution in [1.29, 1.82) is 0 Å². The van der Waals surface area contributed by atoms with Crippen LogP contribution in [-0.2, 0) is 11.3 Å². The van der Waals surface area contributed by atoms with Gasteiger partial charge in [-0.3, -0.25) is 4.79 Å². The third-order valence-corrected chi connectivity index (χ3v) is 1.07. The molecule has 0 aliphatic carbocycles. The minimum Gasteiger partial charge on any atom is -0.342 e. The molecule has 5 heteroatoms. The number of carbonyl (C=O) groups excluding carboxylic acids is 1. The highest BCUT2D eigenvalue weighted by atomic mass is 16.5. The Hall–Kier alpha value is -1.39. The van der Waals surface area contributed by atoms with Crippen LogP contribution in [0.25, 0.3) is 0 Å². The molecule has 1 radical (unpaired) electrons. The first-order valence-corrected chi connectivity index (χ1v) is 2.72. The second kappa shape index (κ2) is 2.95. The highest BCUT2D eigenvalue weighted by Crippen LogP contribution is 1.99. The second-order valence-corrected chi connectivity index (χ2v) is 1.73. The van der Waals surface area contributed by atoms with Gasteiger partial charge in [0.15, 0.2) is 5.76 Å². The zero-order chi connectivity index (χ0) is 7.40. The lowest BCUT2D eigenvalue weighted by atomic mass is 10.4. The Bertz CT molecular complexity index is 220. The van der Waals surface area contributed by atoms with Crippen LogP contribution in [0.2, 0.25) is 0 Å². The molecule has 5 nitrogen and oxygen atoms in total. The third-order valence-electron chi connectivity index (χ3n) is 1.07. The molecule has 0 aromatic carbocycles. The van der Waals surface area contributed by atoms with Crippen molar-refractivity contribution in [3.63, 3.8) is 0 Å². The molecular formula is C5H6N3O2. The second-order valence-electron chi connectivity index (χ2n) is 1.73. The van der Waals surface area contributed by atoms with Gasteiger partial charge in [-0.2, -0.15) is 0 Å². The van der Waals surface area contributed by atoms with Crippen LogP contribution in [0.1, 0.15) is 11.5 Å². The highest BCUT2D eigenvalue weighted by Gasteiger charge is 2.02. The Morgan fingerprint density at radius 2 is 2.60 bits per heavy atom. The predicted molar refractivity (Wildman–Crippen MR) is 31.6 cm³/mol. The molecule has 0 fully saturated rings. The van der Waals surface area contributed by atoms with Gasteiger partial charge in [-0.25, -0.2) is 0 Å². The molecule has 0 saturated carbocycles. The van der Waals surface area contributed by atoms with E-state index in [1.807, 2.05) is 0 Å². The van der Waals surface area contributed by atoms with Crippen LogP contribution in [0.15, 0.2) is 4.52 Å². The van der Waals surface area contributed by atoms with Crippen molar-refractivity contribution in [2.45, 2.75) is 13.5 Å².